The van der Waals surface area contributed by atoms with Crippen LogP contribution in [-0.2, 0) is 14.3 Å². The first kappa shape index (κ1) is 21.7. The maximum Gasteiger partial charge on any atom is 0.348 e. The number of anilines is 1. The van der Waals surface area contributed by atoms with Crippen molar-refractivity contribution in [3.63, 3.8) is 0 Å². The minimum Gasteiger partial charge on any atom is -0.495 e. The lowest BCUT2D eigenvalue weighted by atomic mass is 10.2. The Kier molecular flexibility index (Phi) is 7.53. The number of benzene rings is 2. The number of nitro groups is 1. The first-order chi connectivity index (χ1) is 13.8. The van der Waals surface area contributed by atoms with Crippen molar-refractivity contribution in [2.24, 2.45) is 0 Å². The van der Waals surface area contributed by atoms with E-state index in [0.29, 0.717) is 12.2 Å². The first-order valence-electron chi connectivity index (χ1n) is 8.91. The Balaban J connectivity index is 2.03. The van der Waals surface area contributed by atoms with E-state index in [1.54, 1.807) is 31.2 Å². The van der Waals surface area contributed by atoms with Crippen LogP contribution in [-0.4, -0.2) is 36.1 Å². The summed E-state index contributed by atoms with van der Waals surface area (Å²) in [7, 11) is 1.37. The van der Waals surface area contributed by atoms with Crippen LogP contribution in [0.2, 0.25) is 0 Å². The van der Waals surface area contributed by atoms with Crippen LogP contribution in [0.5, 0.6) is 11.5 Å². The lowest BCUT2D eigenvalue weighted by molar-refractivity contribution is -0.384. The quantitative estimate of drug-likeness (QED) is 0.388. The fraction of sp³-hybridized carbons (Fsp3) is 0.300. The minimum absolute atomic E-state index is 0.0992. The summed E-state index contributed by atoms with van der Waals surface area (Å²) in [6, 6.07) is 12.6. The third-order valence-corrected chi connectivity index (χ3v) is 3.97. The molecule has 0 saturated carbocycles. The highest BCUT2D eigenvalue weighted by Crippen LogP contribution is 2.29. The topological polar surface area (TPSA) is 117 Å². The van der Waals surface area contributed by atoms with Crippen molar-refractivity contribution in [3.05, 3.63) is 58.6 Å². The second-order valence-electron chi connectivity index (χ2n) is 6.04. The Hall–Kier alpha value is -3.62. The summed E-state index contributed by atoms with van der Waals surface area (Å²) in [5.74, 6) is -0.604. The number of amides is 1. The second kappa shape index (κ2) is 10.1. The van der Waals surface area contributed by atoms with Crippen molar-refractivity contribution in [2.75, 3.05) is 12.4 Å². The molecule has 2 aromatic carbocycles. The van der Waals surface area contributed by atoms with Gasteiger partial charge in [-0.25, -0.2) is 4.79 Å². The summed E-state index contributed by atoms with van der Waals surface area (Å²) < 4.78 is 15.9. The standard InChI is InChI=1S/C20H22N2O7/c1-4-17(29-15-8-6-5-7-9-15)20(24)28-13(2)19(23)21-16-12-14(22(25)26)10-11-18(16)27-3/h5-13,17H,4H2,1-3H3,(H,21,23)/t13-,17+/m0/s1. The number of esters is 1. The Morgan fingerprint density at radius 1 is 1.17 bits per heavy atom. The van der Waals surface area contributed by atoms with Crippen LogP contribution in [0.1, 0.15) is 20.3 Å². The van der Waals surface area contributed by atoms with Gasteiger partial charge in [0.25, 0.3) is 11.6 Å². The smallest absolute Gasteiger partial charge is 0.348 e. The van der Waals surface area contributed by atoms with Crippen LogP contribution in [0.25, 0.3) is 0 Å². The van der Waals surface area contributed by atoms with Crippen LogP contribution in [0, 0.1) is 10.1 Å². The van der Waals surface area contributed by atoms with Gasteiger partial charge in [-0.1, -0.05) is 25.1 Å². The van der Waals surface area contributed by atoms with Crippen LogP contribution in [0.15, 0.2) is 48.5 Å². The molecule has 1 N–H and O–H groups in total. The summed E-state index contributed by atoms with van der Waals surface area (Å²) in [4.78, 5) is 35.1. The zero-order valence-electron chi connectivity index (χ0n) is 16.3. The molecule has 2 rings (SSSR count). The molecule has 0 spiro atoms. The normalized spacial score (nSPS) is 12.4. The fourth-order valence-electron chi connectivity index (χ4n) is 2.41. The molecule has 0 aliphatic rings. The molecular formula is C20H22N2O7. The van der Waals surface area contributed by atoms with Crippen molar-refractivity contribution in [3.8, 4) is 11.5 Å². The van der Waals surface area contributed by atoms with Gasteiger partial charge in [-0.05, 0) is 31.5 Å². The molecule has 0 aliphatic heterocycles. The summed E-state index contributed by atoms with van der Waals surface area (Å²) in [5, 5.41) is 13.4. The van der Waals surface area contributed by atoms with E-state index in [4.69, 9.17) is 14.2 Å². The van der Waals surface area contributed by atoms with Gasteiger partial charge in [0.2, 0.25) is 0 Å². The van der Waals surface area contributed by atoms with E-state index in [2.05, 4.69) is 5.32 Å². The number of rotatable bonds is 9. The summed E-state index contributed by atoms with van der Waals surface area (Å²) in [6.07, 6.45) is -1.68. The highest BCUT2D eigenvalue weighted by atomic mass is 16.6. The highest BCUT2D eigenvalue weighted by molar-refractivity contribution is 5.96. The lowest BCUT2D eigenvalue weighted by Crippen LogP contribution is -2.36. The third-order valence-electron chi connectivity index (χ3n) is 3.97. The second-order valence-corrected chi connectivity index (χ2v) is 6.04. The molecule has 0 fully saturated rings. The van der Waals surface area contributed by atoms with Crippen LogP contribution >= 0.6 is 0 Å². The van der Waals surface area contributed by atoms with Crippen molar-refractivity contribution in [2.45, 2.75) is 32.5 Å². The van der Waals surface area contributed by atoms with Gasteiger partial charge >= 0.3 is 5.97 Å². The van der Waals surface area contributed by atoms with Gasteiger partial charge in [-0.15, -0.1) is 0 Å². The van der Waals surface area contributed by atoms with Gasteiger partial charge in [0, 0.05) is 12.1 Å². The van der Waals surface area contributed by atoms with Gasteiger partial charge < -0.3 is 19.5 Å². The van der Waals surface area contributed by atoms with E-state index in [0.717, 1.165) is 0 Å². The number of hydrogen-bond acceptors (Lipinski definition) is 7. The molecule has 1 amide bonds. The molecule has 0 aliphatic carbocycles. The summed E-state index contributed by atoms with van der Waals surface area (Å²) >= 11 is 0. The molecule has 2 atom stereocenters. The van der Waals surface area contributed by atoms with Crippen molar-refractivity contribution < 1.29 is 28.7 Å². The molecule has 2 aromatic rings. The summed E-state index contributed by atoms with van der Waals surface area (Å²) in [6.45, 7) is 3.15. The van der Waals surface area contributed by atoms with E-state index in [1.807, 2.05) is 6.07 Å². The number of carbonyl (C=O) groups is 2. The number of non-ortho nitro benzene ring substituents is 1. The number of para-hydroxylation sites is 1. The highest BCUT2D eigenvalue weighted by Gasteiger charge is 2.26. The Labute approximate surface area is 167 Å². The average molecular weight is 402 g/mol. The maximum absolute atomic E-state index is 12.4. The summed E-state index contributed by atoms with van der Waals surface area (Å²) in [5.41, 5.74) is -0.116. The Bertz CT molecular complexity index is 870. The van der Waals surface area contributed by atoms with Crippen molar-refractivity contribution in [1.29, 1.82) is 0 Å². The SMILES string of the molecule is CC[C@@H](Oc1ccccc1)C(=O)O[C@@H](C)C(=O)Nc1cc([N+](=O)[O-])ccc1OC. The molecule has 0 radical (unpaired) electrons. The molecule has 0 saturated heterocycles. The predicted octanol–water partition coefficient (Wildman–Crippen LogP) is 3.33. The van der Waals surface area contributed by atoms with Crippen molar-refractivity contribution in [1.82, 2.24) is 0 Å². The Morgan fingerprint density at radius 3 is 2.45 bits per heavy atom. The van der Waals surface area contributed by atoms with Gasteiger partial charge in [0.15, 0.2) is 12.2 Å². The molecule has 9 heteroatoms. The number of ether oxygens (including phenoxy) is 3. The van der Waals surface area contributed by atoms with Crippen LogP contribution < -0.4 is 14.8 Å². The first-order valence-corrected chi connectivity index (χ1v) is 8.91. The fourth-order valence-corrected chi connectivity index (χ4v) is 2.41. The van der Waals surface area contributed by atoms with Gasteiger partial charge in [-0.3, -0.25) is 14.9 Å². The monoisotopic (exact) mass is 402 g/mol. The number of methoxy groups -OCH3 is 1. The van der Waals surface area contributed by atoms with Crippen molar-refractivity contribution >= 4 is 23.3 Å². The molecule has 29 heavy (non-hydrogen) atoms. The van der Waals surface area contributed by atoms with Gasteiger partial charge in [-0.2, -0.15) is 0 Å². The van der Waals surface area contributed by atoms with Crippen LogP contribution in [0.4, 0.5) is 11.4 Å². The van der Waals surface area contributed by atoms with E-state index >= 15 is 0 Å². The van der Waals surface area contributed by atoms with Crippen LogP contribution in [0.3, 0.4) is 0 Å². The minimum atomic E-state index is -1.15. The van der Waals surface area contributed by atoms with E-state index in [1.165, 1.54) is 32.2 Å². The molecule has 9 nitrogen and oxygen atoms in total. The van der Waals surface area contributed by atoms with E-state index in [-0.39, 0.29) is 17.1 Å². The average Bonchev–Trinajstić information content (AvgIpc) is 2.72. The molecular weight excluding hydrogens is 380 g/mol. The number of nitrogens with one attached hydrogen (secondary N) is 1. The van der Waals surface area contributed by atoms with Gasteiger partial charge in [0.1, 0.15) is 11.5 Å². The molecule has 0 heterocycles. The zero-order valence-corrected chi connectivity index (χ0v) is 16.3. The Morgan fingerprint density at radius 2 is 1.86 bits per heavy atom. The number of nitro benzene ring substituents is 1. The number of carbonyl (C=O) groups excluding carboxylic acids is 2. The largest absolute Gasteiger partial charge is 0.495 e. The van der Waals surface area contributed by atoms with E-state index < -0.39 is 29.0 Å². The number of nitrogens with zero attached hydrogens (tertiary/aromatic N) is 1. The predicted molar refractivity (Wildman–Crippen MR) is 105 cm³/mol. The molecule has 154 valence electrons. The maximum atomic E-state index is 12.4. The molecule has 0 bridgehead atoms. The van der Waals surface area contributed by atoms with E-state index in [9.17, 15) is 19.7 Å². The van der Waals surface area contributed by atoms with Gasteiger partial charge in [0.05, 0.1) is 17.7 Å². The zero-order chi connectivity index (χ0) is 21.4. The molecule has 0 aromatic heterocycles. The lowest BCUT2D eigenvalue weighted by Gasteiger charge is -2.19. The third kappa shape index (κ3) is 5.93. The number of hydrogen-bond donors (Lipinski definition) is 1. The molecule has 0 unspecified atom stereocenters.